The number of pyridine rings is 1. The summed E-state index contributed by atoms with van der Waals surface area (Å²) < 4.78 is 0. The molecule has 19 heavy (non-hydrogen) atoms. The molecule has 3 heterocycles. The zero-order valence-electron chi connectivity index (χ0n) is 11.0. The van der Waals surface area contributed by atoms with E-state index in [0.29, 0.717) is 17.9 Å². The number of anilines is 1. The fourth-order valence-electron chi connectivity index (χ4n) is 3.44. The average Bonchev–Trinajstić information content (AvgIpc) is 2.62. The fraction of sp³-hybridized carbons (Fsp3) is 0.615. The van der Waals surface area contributed by atoms with Crippen molar-refractivity contribution in [1.29, 1.82) is 0 Å². The number of piperidine rings is 1. The maximum absolute atomic E-state index is 11.2. The van der Waals surface area contributed by atoms with Crippen molar-refractivity contribution in [3.8, 4) is 0 Å². The van der Waals surface area contributed by atoms with E-state index in [4.69, 9.17) is 5.73 Å². The van der Waals surface area contributed by atoms with Crippen molar-refractivity contribution in [3.63, 3.8) is 0 Å². The van der Waals surface area contributed by atoms with Crippen LogP contribution >= 0.6 is 0 Å². The number of aryl methyl sites for hydroxylation is 1. The van der Waals surface area contributed by atoms with E-state index in [1.807, 2.05) is 6.92 Å². The Balaban J connectivity index is 2.01. The van der Waals surface area contributed by atoms with Crippen molar-refractivity contribution in [2.45, 2.75) is 50.7 Å². The summed E-state index contributed by atoms with van der Waals surface area (Å²) >= 11 is 0. The van der Waals surface area contributed by atoms with Gasteiger partial charge in [-0.3, -0.25) is 10.1 Å². The average molecular weight is 262 g/mol. The number of rotatable bonds is 2. The Kier molecular flexibility index (Phi) is 2.89. The quantitative estimate of drug-likeness (QED) is 0.648. The molecule has 1 aromatic heterocycles. The van der Waals surface area contributed by atoms with Crippen molar-refractivity contribution in [1.82, 2.24) is 4.98 Å². The van der Waals surface area contributed by atoms with Gasteiger partial charge in [-0.05, 0) is 38.2 Å². The van der Waals surface area contributed by atoms with E-state index in [1.54, 1.807) is 12.3 Å². The lowest BCUT2D eigenvalue weighted by molar-refractivity contribution is -0.384. The molecule has 0 radical (unpaired) electrons. The van der Waals surface area contributed by atoms with Crippen LogP contribution in [0.5, 0.6) is 0 Å². The van der Waals surface area contributed by atoms with Gasteiger partial charge in [-0.1, -0.05) is 0 Å². The molecule has 6 nitrogen and oxygen atoms in total. The standard InChI is InChI=1S/C13H18N4O2/c1-8-4-12(17(18)19)13(15-7-8)16-10-2-3-11(16)6-9(14)5-10/h4,7,9-11H,2-3,5-6,14H2,1H3. The van der Waals surface area contributed by atoms with Gasteiger partial charge in [0.05, 0.1) is 4.92 Å². The fourth-order valence-corrected chi connectivity index (χ4v) is 3.44. The van der Waals surface area contributed by atoms with Gasteiger partial charge in [0.25, 0.3) is 0 Å². The summed E-state index contributed by atoms with van der Waals surface area (Å²) in [6.07, 6.45) is 5.64. The summed E-state index contributed by atoms with van der Waals surface area (Å²) in [6.45, 7) is 1.82. The Morgan fingerprint density at radius 2 is 2.05 bits per heavy atom. The van der Waals surface area contributed by atoms with E-state index in [1.165, 1.54) is 0 Å². The van der Waals surface area contributed by atoms with Crippen LogP contribution in [0.1, 0.15) is 31.2 Å². The van der Waals surface area contributed by atoms with Crippen molar-refractivity contribution in [2.24, 2.45) is 5.73 Å². The maximum Gasteiger partial charge on any atom is 0.311 e. The molecule has 6 heteroatoms. The number of aromatic nitrogens is 1. The van der Waals surface area contributed by atoms with Crippen molar-refractivity contribution in [3.05, 3.63) is 27.9 Å². The van der Waals surface area contributed by atoms with E-state index in [-0.39, 0.29) is 16.7 Å². The van der Waals surface area contributed by atoms with Crippen LogP contribution in [-0.4, -0.2) is 28.0 Å². The second-order valence-electron chi connectivity index (χ2n) is 5.64. The third-order valence-corrected chi connectivity index (χ3v) is 4.19. The van der Waals surface area contributed by atoms with E-state index in [0.717, 1.165) is 31.2 Å². The lowest BCUT2D eigenvalue weighted by atomic mass is 9.98. The molecular weight excluding hydrogens is 244 g/mol. The first-order valence-electron chi connectivity index (χ1n) is 6.71. The summed E-state index contributed by atoms with van der Waals surface area (Å²) in [5.74, 6) is 0.523. The monoisotopic (exact) mass is 262 g/mol. The van der Waals surface area contributed by atoms with Gasteiger partial charge >= 0.3 is 5.69 Å². The summed E-state index contributed by atoms with van der Waals surface area (Å²) in [6, 6.07) is 2.44. The van der Waals surface area contributed by atoms with Crippen LogP contribution in [0.25, 0.3) is 0 Å². The van der Waals surface area contributed by atoms with Crippen LogP contribution in [0, 0.1) is 17.0 Å². The lowest BCUT2D eigenvalue weighted by Crippen LogP contribution is -2.48. The Bertz CT molecular complexity index is 505. The molecule has 2 N–H and O–H groups in total. The molecule has 0 spiro atoms. The van der Waals surface area contributed by atoms with Gasteiger partial charge in [-0.2, -0.15) is 0 Å². The van der Waals surface area contributed by atoms with E-state index in [2.05, 4.69) is 9.88 Å². The SMILES string of the molecule is Cc1cnc(N2C3CCC2CC(N)C3)c([N+](=O)[O-])c1. The number of hydrogen-bond acceptors (Lipinski definition) is 5. The Morgan fingerprint density at radius 3 is 2.63 bits per heavy atom. The number of nitrogens with zero attached hydrogens (tertiary/aromatic N) is 3. The van der Waals surface area contributed by atoms with Crippen LogP contribution in [-0.2, 0) is 0 Å². The lowest BCUT2D eigenvalue weighted by Gasteiger charge is -2.38. The molecule has 2 saturated heterocycles. The van der Waals surface area contributed by atoms with Gasteiger partial charge in [0.15, 0.2) is 0 Å². The van der Waals surface area contributed by atoms with Crippen LogP contribution in [0.4, 0.5) is 11.5 Å². The van der Waals surface area contributed by atoms with Gasteiger partial charge in [0.1, 0.15) is 0 Å². The van der Waals surface area contributed by atoms with Crippen LogP contribution < -0.4 is 10.6 Å². The first-order chi connectivity index (χ1) is 9.06. The molecule has 2 fully saturated rings. The number of nitrogens with two attached hydrogens (primary N) is 1. The smallest absolute Gasteiger partial charge is 0.311 e. The third-order valence-electron chi connectivity index (χ3n) is 4.19. The Hall–Kier alpha value is -1.69. The van der Waals surface area contributed by atoms with Crippen molar-refractivity contribution < 1.29 is 4.92 Å². The minimum Gasteiger partial charge on any atom is -0.345 e. The Labute approximate surface area is 111 Å². The van der Waals surface area contributed by atoms with Gasteiger partial charge in [-0.15, -0.1) is 0 Å². The maximum atomic E-state index is 11.2. The summed E-state index contributed by atoms with van der Waals surface area (Å²) in [5, 5.41) is 11.2. The number of hydrogen-bond donors (Lipinski definition) is 1. The second-order valence-corrected chi connectivity index (χ2v) is 5.64. The van der Waals surface area contributed by atoms with Gasteiger partial charge < -0.3 is 10.6 Å². The van der Waals surface area contributed by atoms with E-state index < -0.39 is 0 Å². The van der Waals surface area contributed by atoms with Gasteiger partial charge in [-0.25, -0.2) is 4.98 Å². The highest BCUT2D eigenvalue weighted by Gasteiger charge is 2.42. The molecule has 2 aliphatic heterocycles. The summed E-state index contributed by atoms with van der Waals surface area (Å²) in [7, 11) is 0. The molecule has 102 valence electrons. The zero-order valence-corrected chi connectivity index (χ0v) is 11.0. The molecule has 3 rings (SSSR count). The predicted octanol–water partition coefficient (Wildman–Crippen LogP) is 1.76. The molecule has 2 aliphatic rings. The first kappa shape index (κ1) is 12.3. The third kappa shape index (κ3) is 2.06. The molecular formula is C13H18N4O2. The highest BCUT2D eigenvalue weighted by Crippen LogP contribution is 2.41. The normalized spacial score (nSPS) is 29.6. The molecule has 2 atom stereocenters. The van der Waals surface area contributed by atoms with Crippen molar-refractivity contribution >= 4 is 11.5 Å². The summed E-state index contributed by atoms with van der Waals surface area (Å²) in [4.78, 5) is 17.4. The minimum absolute atomic E-state index is 0.118. The molecule has 0 aliphatic carbocycles. The zero-order chi connectivity index (χ0) is 13.6. The number of nitro groups is 1. The highest BCUT2D eigenvalue weighted by molar-refractivity contribution is 5.61. The van der Waals surface area contributed by atoms with Crippen LogP contribution in [0.2, 0.25) is 0 Å². The topological polar surface area (TPSA) is 85.3 Å². The largest absolute Gasteiger partial charge is 0.345 e. The van der Waals surface area contributed by atoms with Gasteiger partial charge in [0.2, 0.25) is 5.82 Å². The van der Waals surface area contributed by atoms with Crippen molar-refractivity contribution in [2.75, 3.05) is 4.90 Å². The minimum atomic E-state index is -0.330. The molecule has 2 bridgehead atoms. The van der Waals surface area contributed by atoms with E-state index >= 15 is 0 Å². The molecule has 2 unspecified atom stereocenters. The van der Waals surface area contributed by atoms with Crippen LogP contribution in [0.3, 0.4) is 0 Å². The summed E-state index contributed by atoms with van der Waals surface area (Å²) in [5.41, 5.74) is 6.97. The molecule has 1 aromatic rings. The second kappa shape index (κ2) is 4.45. The number of fused-ring (bicyclic) bond motifs is 2. The molecule has 0 saturated carbocycles. The van der Waals surface area contributed by atoms with Gasteiger partial charge in [0, 0.05) is 30.4 Å². The molecule has 0 amide bonds. The highest BCUT2D eigenvalue weighted by atomic mass is 16.6. The van der Waals surface area contributed by atoms with E-state index in [9.17, 15) is 10.1 Å². The first-order valence-corrected chi connectivity index (χ1v) is 6.71. The Morgan fingerprint density at radius 1 is 1.42 bits per heavy atom. The predicted molar refractivity (Wildman–Crippen MR) is 72.1 cm³/mol. The van der Waals surface area contributed by atoms with Crippen LogP contribution in [0.15, 0.2) is 12.3 Å². The molecule has 0 aromatic carbocycles.